The van der Waals surface area contributed by atoms with Crippen LogP contribution in [-0.4, -0.2) is 70.1 Å². The Morgan fingerprint density at radius 1 is 1.20 bits per heavy atom. The Labute approximate surface area is 222 Å². The van der Waals surface area contributed by atoms with Crippen LogP contribution >= 0.6 is 7.75 Å². The molecule has 6 atom stereocenters. The standard InChI is InChI=1S/C22H25F5N3O9P/c1-11(19(33)38-15(17(23)24)18(25)26)29-40(35,39-12-6-4-3-5-7-12)36-10-13-16(32)22(2,27)20(37-13)30-9-8-14(31)28-21(30)34/h3-9,11,13,15-18,20,32H,10H2,1-2H3,(H,29,35)(H,28,31,34)/t11-,13+,16+,20+,22?,40?/m0/s1. The molecule has 2 heterocycles. The Hall–Kier alpha value is -3.11. The van der Waals surface area contributed by atoms with E-state index in [2.05, 4.69) is 9.82 Å². The highest BCUT2D eigenvalue weighted by atomic mass is 31.2. The number of aromatic nitrogens is 2. The first-order chi connectivity index (χ1) is 18.6. The lowest BCUT2D eigenvalue weighted by molar-refractivity contribution is -0.173. The number of aromatic amines is 1. The summed E-state index contributed by atoms with van der Waals surface area (Å²) in [5, 5.41) is 12.6. The molecule has 1 aromatic carbocycles. The number of rotatable bonds is 12. The van der Waals surface area contributed by atoms with Gasteiger partial charge in [0, 0.05) is 12.3 Å². The monoisotopic (exact) mass is 601 g/mol. The number of hydrogen-bond acceptors (Lipinski definition) is 9. The second-order valence-corrected chi connectivity index (χ2v) is 10.5. The smallest absolute Gasteiger partial charge is 0.449 e. The molecule has 0 radical (unpaired) electrons. The number of aliphatic hydroxyl groups is 1. The number of benzene rings is 1. The van der Waals surface area contributed by atoms with Crippen molar-refractivity contribution in [3.63, 3.8) is 0 Å². The number of esters is 1. The molecule has 2 unspecified atom stereocenters. The second-order valence-electron chi connectivity index (χ2n) is 8.76. The summed E-state index contributed by atoms with van der Waals surface area (Å²) in [7, 11) is -4.73. The number of carbonyl (C=O) groups excluding carboxylic acids is 1. The Morgan fingerprint density at radius 3 is 2.40 bits per heavy atom. The minimum Gasteiger partial charge on any atom is -0.449 e. The van der Waals surface area contributed by atoms with Crippen LogP contribution in [0.15, 0.2) is 52.2 Å². The highest BCUT2D eigenvalue weighted by Crippen LogP contribution is 2.47. The van der Waals surface area contributed by atoms with Crippen molar-refractivity contribution in [3.8, 4) is 5.75 Å². The molecule has 12 nitrogen and oxygen atoms in total. The first-order valence-corrected chi connectivity index (χ1v) is 13.1. The van der Waals surface area contributed by atoms with Gasteiger partial charge in [0.05, 0.1) is 6.61 Å². The summed E-state index contributed by atoms with van der Waals surface area (Å²) in [6.07, 6.45) is -14.9. The van der Waals surface area contributed by atoms with Gasteiger partial charge in [0.25, 0.3) is 18.4 Å². The zero-order valence-electron chi connectivity index (χ0n) is 20.8. The fourth-order valence-electron chi connectivity index (χ4n) is 3.58. The van der Waals surface area contributed by atoms with E-state index in [1.807, 2.05) is 4.98 Å². The molecular formula is C22H25F5N3O9P. The molecule has 2 aromatic rings. The van der Waals surface area contributed by atoms with E-state index < -0.39 is 80.7 Å². The molecule has 0 bridgehead atoms. The summed E-state index contributed by atoms with van der Waals surface area (Å²) in [6, 6.07) is 6.27. The summed E-state index contributed by atoms with van der Waals surface area (Å²) >= 11 is 0. The van der Waals surface area contributed by atoms with Crippen LogP contribution in [0.3, 0.4) is 0 Å². The van der Waals surface area contributed by atoms with Gasteiger partial charge in [0.2, 0.25) is 6.10 Å². The quantitative estimate of drug-likeness (QED) is 0.187. The predicted octanol–water partition coefficient (Wildman–Crippen LogP) is 2.15. The lowest BCUT2D eigenvalue weighted by atomic mass is 9.98. The van der Waals surface area contributed by atoms with Gasteiger partial charge in [-0.05, 0) is 26.0 Å². The lowest BCUT2D eigenvalue weighted by Crippen LogP contribution is -2.44. The van der Waals surface area contributed by atoms with Crippen LogP contribution in [0.5, 0.6) is 5.75 Å². The van der Waals surface area contributed by atoms with Crippen LogP contribution in [0.1, 0.15) is 20.1 Å². The van der Waals surface area contributed by atoms with E-state index in [1.54, 1.807) is 6.07 Å². The molecule has 1 aromatic heterocycles. The molecule has 1 aliphatic heterocycles. The van der Waals surface area contributed by atoms with Crippen molar-refractivity contribution in [1.82, 2.24) is 14.6 Å². The Kier molecular flexibility index (Phi) is 9.89. The summed E-state index contributed by atoms with van der Waals surface area (Å²) < 4.78 is 101. The number of ether oxygens (including phenoxy) is 2. The van der Waals surface area contributed by atoms with Gasteiger partial charge in [0.15, 0.2) is 11.9 Å². The van der Waals surface area contributed by atoms with E-state index in [9.17, 15) is 41.6 Å². The molecule has 1 saturated heterocycles. The normalized spacial score (nSPS) is 25.2. The number of nitrogens with zero attached hydrogens (tertiary/aromatic N) is 1. The third kappa shape index (κ3) is 7.34. The number of carbonyl (C=O) groups is 1. The zero-order valence-corrected chi connectivity index (χ0v) is 21.7. The second kappa shape index (κ2) is 12.6. The first kappa shape index (κ1) is 31.4. The van der Waals surface area contributed by atoms with E-state index in [1.165, 1.54) is 24.3 Å². The molecular weight excluding hydrogens is 576 g/mol. The molecule has 222 valence electrons. The van der Waals surface area contributed by atoms with Crippen LogP contribution in [0.25, 0.3) is 0 Å². The average molecular weight is 601 g/mol. The van der Waals surface area contributed by atoms with E-state index in [-0.39, 0.29) is 5.75 Å². The molecule has 3 N–H and O–H groups in total. The van der Waals surface area contributed by atoms with Gasteiger partial charge in [-0.25, -0.2) is 31.3 Å². The van der Waals surface area contributed by atoms with Gasteiger partial charge < -0.3 is 19.1 Å². The van der Waals surface area contributed by atoms with E-state index >= 15 is 4.39 Å². The maximum Gasteiger partial charge on any atom is 0.459 e. The van der Waals surface area contributed by atoms with Crippen LogP contribution in [-0.2, 0) is 23.4 Å². The van der Waals surface area contributed by atoms with E-state index in [0.29, 0.717) is 4.57 Å². The maximum atomic E-state index is 15.4. The highest BCUT2D eigenvalue weighted by molar-refractivity contribution is 7.52. The van der Waals surface area contributed by atoms with Crippen LogP contribution in [0.2, 0.25) is 0 Å². The molecule has 18 heteroatoms. The van der Waals surface area contributed by atoms with E-state index in [0.717, 1.165) is 26.1 Å². The van der Waals surface area contributed by atoms with Crippen molar-refractivity contribution in [3.05, 3.63) is 63.4 Å². The molecule has 0 aliphatic carbocycles. The maximum absolute atomic E-state index is 15.4. The third-order valence-corrected chi connectivity index (χ3v) is 7.30. The molecule has 0 amide bonds. The van der Waals surface area contributed by atoms with Crippen LogP contribution in [0, 0.1) is 0 Å². The minimum atomic E-state index is -4.73. The van der Waals surface area contributed by atoms with Crippen molar-refractivity contribution in [2.75, 3.05) is 6.61 Å². The number of alkyl halides is 5. The summed E-state index contributed by atoms with van der Waals surface area (Å²) in [5.41, 5.74) is -4.45. The van der Waals surface area contributed by atoms with Crippen molar-refractivity contribution < 1.29 is 54.9 Å². The number of H-pyrrole nitrogens is 1. The van der Waals surface area contributed by atoms with Crippen molar-refractivity contribution in [2.24, 2.45) is 0 Å². The van der Waals surface area contributed by atoms with Gasteiger partial charge >= 0.3 is 19.4 Å². The number of para-hydroxylation sites is 1. The van der Waals surface area contributed by atoms with Gasteiger partial charge in [-0.1, -0.05) is 18.2 Å². The highest BCUT2D eigenvalue weighted by Gasteiger charge is 2.56. The number of hydrogen-bond donors (Lipinski definition) is 3. The Morgan fingerprint density at radius 2 is 1.82 bits per heavy atom. The van der Waals surface area contributed by atoms with Gasteiger partial charge in [-0.2, -0.15) is 5.09 Å². The lowest BCUT2D eigenvalue weighted by Gasteiger charge is -2.26. The van der Waals surface area contributed by atoms with Crippen LogP contribution in [0.4, 0.5) is 22.0 Å². The van der Waals surface area contributed by atoms with Gasteiger partial charge in [-0.3, -0.25) is 23.7 Å². The zero-order chi connectivity index (χ0) is 29.8. The van der Waals surface area contributed by atoms with E-state index in [4.69, 9.17) is 13.8 Å². The fourth-order valence-corrected chi connectivity index (χ4v) is 5.09. The fraction of sp³-hybridized carbons (Fsp3) is 0.500. The average Bonchev–Trinajstić information content (AvgIpc) is 3.09. The minimum absolute atomic E-state index is 0.0853. The van der Waals surface area contributed by atoms with Gasteiger partial charge in [0.1, 0.15) is 24.0 Å². The largest absolute Gasteiger partial charge is 0.459 e. The molecule has 3 rings (SSSR count). The summed E-state index contributed by atoms with van der Waals surface area (Å²) in [4.78, 5) is 37.6. The van der Waals surface area contributed by atoms with Gasteiger partial charge in [-0.15, -0.1) is 0 Å². The topological polar surface area (TPSA) is 158 Å². The SMILES string of the molecule is C[C@H](NP(=O)(OC[C@H]1O[C@@H](n2ccc(=O)[nH]c2=O)C(C)(F)[C@@H]1O)Oc1ccccc1)C(=O)OC(C(F)F)C(F)F. The Balaban J connectivity index is 1.79. The van der Waals surface area contributed by atoms with Crippen LogP contribution < -0.4 is 20.9 Å². The molecule has 1 fully saturated rings. The molecule has 40 heavy (non-hydrogen) atoms. The number of nitrogens with one attached hydrogen (secondary N) is 2. The number of aliphatic hydroxyl groups excluding tert-OH is 1. The first-order valence-electron chi connectivity index (χ1n) is 11.5. The summed E-state index contributed by atoms with van der Waals surface area (Å²) in [5.74, 6) is -1.73. The molecule has 0 spiro atoms. The van der Waals surface area contributed by atoms with Crippen molar-refractivity contribution in [2.45, 2.75) is 62.9 Å². The summed E-state index contributed by atoms with van der Waals surface area (Å²) in [6.45, 7) is 0.961. The Bertz CT molecular complexity index is 1320. The van der Waals surface area contributed by atoms with Crippen molar-refractivity contribution >= 4 is 13.7 Å². The molecule has 0 saturated carbocycles. The third-order valence-electron chi connectivity index (χ3n) is 5.65. The number of halogens is 5. The predicted molar refractivity (Wildman–Crippen MR) is 126 cm³/mol. The van der Waals surface area contributed by atoms with Crippen molar-refractivity contribution in [1.29, 1.82) is 0 Å². The molecule has 1 aliphatic rings.